The van der Waals surface area contributed by atoms with Crippen LogP contribution in [0.2, 0.25) is 0 Å². The van der Waals surface area contributed by atoms with E-state index < -0.39 is 0 Å². The van der Waals surface area contributed by atoms with Crippen molar-refractivity contribution in [3.05, 3.63) is 46.3 Å². The van der Waals surface area contributed by atoms with Gasteiger partial charge in [0, 0.05) is 18.0 Å². The van der Waals surface area contributed by atoms with Gasteiger partial charge in [0.2, 0.25) is 0 Å². The number of rotatable bonds is 2. The van der Waals surface area contributed by atoms with Crippen LogP contribution in [0.15, 0.2) is 35.4 Å². The van der Waals surface area contributed by atoms with Crippen molar-refractivity contribution in [2.75, 3.05) is 26.7 Å². The van der Waals surface area contributed by atoms with Crippen LogP contribution < -0.4 is 0 Å². The van der Waals surface area contributed by atoms with Gasteiger partial charge in [0.15, 0.2) is 0 Å². The number of hydrogen-bond donors (Lipinski definition) is 0. The summed E-state index contributed by atoms with van der Waals surface area (Å²) in [5.41, 5.74) is 9.72. The third-order valence-corrected chi connectivity index (χ3v) is 2.95. The van der Waals surface area contributed by atoms with Gasteiger partial charge >= 0.3 is 0 Å². The van der Waals surface area contributed by atoms with Crippen molar-refractivity contribution in [3.8, 4) is 0 Å². The average molecular weight is 232 g/mol. The van der Waals surface area contributed by atoms with E-state index in [1.807, 2.05) is 37.4 Å². The Kier molecular flexibility index (Phi) is 3.98. The summed E-state index contributed by atoms with van der Waals surface area (Å²) in [6, 6.07) is 9.76. The van der Waals surface area contributed by atoms with Gasteiger partial charge in [-0.1, -0.05) is 35.4 Å². The number of nitrogens with zero attached hydrogens (tertiary/aromatic N) is 4. The normalized spacial score (nSPS) is 25.9. The Bertz CT molecular complexity index is 402. The summed E-state index contributed by atoms with van der Waals surface area (Å²) in [4.78, 5) is 5.06. The van der Waals surface area contributed by atoms with Gasteiger partial charge in [-0.3, -0.25) is 0 Å². The van der Waals surface area contributed by atoms with Gasteiger partial charge in [0.25, 0.3) is 0 Å². The standard InChI is InChI=1S/C12H16N4O/c1-16-7-8-17-12(11(9-16)14-15-13)10-5-3-2-4-6-10/h2-6,11-12H,7-9H2,1H3/t11-,12?/m1/s1. The minimum atomic E-state index is -0.171. The monoisotopic (exact) mass is 232 g/mol. The van der Waals surface area contributed by atoms with Gasteiger partial charge in [0.05, 0.1) is 18.8 Å². The van der Waals surface area contributed by atoms with Crippen LogP contribution in [0.1, 0.15) is 11.7 Å². The fourth-order valence-electron chi connectivity index (χ4n) is 2.08. The Hall–Kier alpha value is -1.55. The highest BCUT2D eigenvalue weighted by Crippen LogP contribution is 2.26. The summed E-state index contributed by atoms with van der Waals surface area (Å²) in [5, 5.41) is 3.87. The van der Waals surface area contributed by atoms with Gasteiger partial charge in [-0.15, -0.1) is 0 Å². The largest absolute Gasteiger partial charge is 0.372 e. The Balaban J connectivity index is 2.25. The Morgan fingerprint density at radius 2 is 2.18 bits per heavy atom. The highest BCUT2D eigenvalue weighted by molar-refractivity contribution is 5.19. The molecule has 1 aromatic carbocycles. The van der Waals surface area contributed by atoms with E-state index in [-0.39, 0.29) is 12.1 Å². The van der Waals surface area contributed by atoms with Crippen LogP contribution in [0.5, 0.6) is 0 Å². The number of benzene rings is 1. The van der Waals surface area contributed by atoms with Crippen molar-refractivity contribution in [2.24, 2.45) is 5.11 Å². The maximum atomic E-state index is 8.65. The number of ether oxygens (including phenoxy) is 1. The molecule has 0 N–H and O–H groups in total. The van der Waals surface area contributed by atoms with Crippen LogP contribution in [0.4, 0.5) is 0 Å². The van der Waals surface area contributed by atoms with Gasteiger partial charge in [0.1, 0.15) is 0 Å². The molecule has 0 radical (unpaired) electrons. The second kappa shape index (κ2) is 5.68. The molecule has 1 aliphatic rings. The van der Waals surface area contributed by atoms with E-state index in [0.29, 0.717) is 6.61 Å². The van der Waals surface area contributed by atoms with E-state index in [4.69, 9.17) is 10.3 Å². The lowest BCUT2D eigenvalue weighted by molar-refractivity contribution is 0.0522. The molecule has 1 heterocycles. The highest BCUT2D eigenvalue weighted by atomic mass is 16.5. The minimum absolute atomic E-state index is 0.142. The zero-order valence-corrected chi connectivity index (χ0v) is 9.86. The predicted molar refractivity (Wildman–Crippen MR) is 65.6 cm³/mol. The van der Waals surface area contributed by atoms with Crippen LogP contribution in [0.3, 0.4) is 0 Å². The molecule has 17 heavy (non-hydrogen) atoms. The predicted octanol–water partition coefficient (Wildman–Crippen LogP) is 2.37. The van der Waals surface area contributed by atoms with E-state index in [9.17, 15) is 0 Å². The Morgan fingerprint density at radius 1 is 1.41 bits per heavy atom. The number of azide groups is 1. The molecule has 2 atom stereocenters. The van der Waals surface area contributed by atoms with Crippen molar-refractivity contribution in [3.63, 3.8) is 0 Å². The molecule has 0 bridgehead atoms. The molecule has 1 fully saturated rings. The van der Waals surface area contributed by atoms with Crippen molar-refractivity contribution in [1.82, 2.24) is 4.90 Å². The van der Waals surface area contributed by atoms with E-state index in [2.05, 4.69) is 14.9 Å². The molecule has 1 saturated heterocycles. The number of hydrogen-bond acceptors (Lipinski definition) is 3. The second-order valence-corrected chi connectivity index (χ2v) is 4.24. The van der Waals surface area contributed by atoms with E-state index in [1.54, 1.807) is 0 Å². The minimum Gasteiger partial charge on any atom is -0.372 e. The summed E-state index contributed by atoms with van der Waals surface area (Å²) in [6.07, 6.45) is -0.142. The van der Waals surface area contributed by atoms with Crippen LogP contribution in [-0.2, 0) is 4.74 Å². The molecule has 90 valence electrons. The first-order chi connectivity index (χ1) is 8.31. The molecule has 0 spiro atoms. The van der Waals surface area contributed by atoms with E-state index >= 15 is 0 Å². The number of likely N-dealkylation sites (N-methyl/N-ethyl adjacent to an activating group) is 1. The molecule has 2 rings (SSSR count). The second-order valence-electron chi connectivity index (χ2n) is 4.24. The lowest BCUT2D eigenvalue weighted by Crippen LogP contribution is -2.29. The molecule has 1 aromatic rings. The third-order valence-electron chi connectivity index (χ3n) is 2.95. The molecule has 0 saturated carbocycles. The smallest absolute Gasteiger partial charge is 0.0922 e. The van der Waals surface area contributed by atoms with Gasteiger partial charge < -0.3 is 9.64 Å². The molecular weight excluding hydrogens is 216 g/mol. The Morgan fingerprint density at radius 3 is 2.88 bits per heavy atom. The first kappa shape index (κ1) is 11.9. The summed E-state index contributed by atoms with van der Waals surface area (Å²) in [7, 11) is 2.01. The third kappa shape index (κ3) is 2.97. The Labute approximate surface area is 101 Å². The zero-order chi connectivity index (χ0) is 12.1. The van der Waals surface area contributed by atoms with Crippen LogP contribution >= 0.6 is 0 Å². The fraction of sp³-hybridized carbons (Fsp3) is 0.500. The maximum absolute atomic E-state index is 8.65. The van der Waals surface area contributed by atoms with E-state index in [1.165, 1.54) is 0 Å². The lowest BCUT2D eigenvalue weighted by atomic mass is 10.0. The molecule has 0 aliphatic carbocycles. The SMILES string of the molecule is CN1CCOC(c2ccccc2)[C@H](N=[N+]=[N-])C1. The van der Waals surface area contributed by atoms with E-state index in [0.717, 1.165) is 18.7 Å². The first-order valence-corrected chi connectivity index (χ1v) is 5.70. The molecule has 1 unspecified atom stereocenters. The van der Waals surface area contributed by atoms with Gasteiger partial charge in [-0.25, -0.2) is 0 Å². The van der Waals surface area contributed by atoms with Crippen LogP contribution in [-0.4, -0.2) is 37.7 Å². The molecule has 1 aliphatic heterocycles. The molecular formula is C12H16N4O. The molecule has 5 nitrogen and oxygen atoms in total. The van der Waals surface area contributed by atoms with Crippen LogP contribution in [0.25, 0.3) is 10.4 Å². The molecule has 0 amide bonds. The lowest BCUT2D eigenvalue weighted by Gasteiger charge is -2.22. The highest BCUT2D eigenvalue weighted by Gasteiger charge is 2.26. The van der Waals surface area contributed by atoms with Gasteiger partial charge in [-0.05, 0) is 18.1 Å². The van der Waals surface area contributed by atoms with Gasteiger partial charge in [-0.2, -0.15) is 0 Å². The summed E-state index contributed by atoms with van der Waals surface area (Å²) in [5.74, 6) is 0. The maximum Gasteiger partial charge on any atom is 0.0922 e. The quantitative estimate of drug-likeness (QED) is 0.446. The summed E-state index contributed by atoms with van der Waals surface area (Å²) < 4.78 is 5.82. The summed E-state index contributed by atoms with van der Waals surface area (Å²) in [6.45, 7) is 2.25. The zero-order valence-electron chi connectivity index (χ0n) is 9.86. The molecule has 0 aromatic heterocycles. The average Bonchev–Trinajstić information content (AvgIpc) is 2.52. The van der Waals surface area contributed by atoms with Crippen molar-refractivity contribution < 1.29 is 4.74 Å². The molecule has 5 heteroatoms. The first-order valence-electron chi connectivity index (χ1n) is 5.70. The topological polar surface area (TPSA) is 61.2 Å². The van der Waals surface area contributed by atoms with Crippen molar-refractivity contribution in [2.45, 2.75) is 12.1 Å². The van der Waals surface area contributed by atoms with Crippen molar-refractivity contribution >= 4 is 0 Å². The van der Waals surface area contributed by atoms with Crippen LogP contribution in [0, 0.1) is 0 Å². The summed E-state index contributed by atoms with van der Waals surface area (Å²) >= 11 is 0. The fourth-order valence-corrected chi connectivity index (χ4v) is 2.08. The van der Waals surface area contributed by atoms with Crippen molar-refractivity contribution in [1.29, 1.82) is 0 Å².